The van der Waals surface area contributed by atoms with Crippen molar-refractivity contribution in [1.82, 2.24) is 19.3 Å². The molecule has 1 aromatic heterocycles. The lowest BCUT2D eigenvalue weighted by molar-refractivity contribution is 0.0621. The van der Waals surface area contributed by atoms with E-state index in [-0.39, 0.29) is 30.2 Å². The molecule has 6 rings (SSSR count). The molecule has 0 saturated carbocycles. The van der Waals surface area contributed by atoms with Crippen LogP contribution >= 0.6 is 0 Å². The minimum atomic E-state index is -0.979. The molecule has 48 heavy (non-hydrogen) atoms. The molecule has 10 heteroatoms. The van der Waals surface area contributed by atoms with Gasteiger partial charge in [0.1, 0.15) is 5.75 Å². The molecular formula is C38H43N5O5. The topological polar surface area (TPSA) is 110 Å². The number of carbonyl (C=O) groups excluding carboxylic acids is 2. The van der Waals surface area contributed by atoms with Crippen LogP contribution in [0.3, 0.4) is 0 Å². The lowest BCUT2D eigenvalue weighted by Crippen LogP contribution is -2.45. The zero-order chi connectivity index (χ0) is 34.3. The molecule has 0 aliphatic carbocycles. The average Bonchev–Trinajstić information content (AvgIpc) is 3.38. The van der Waals surface area contributed by atoms with Crippen LogP contribution in [-0.4, -0.2) is 87.7 Å². The van der Waals surface area contributed by atoms with Crippen molar-refractivity contribution >= 4 is 23.6 Å². The largest absolute Gasteiger partial charge is 0.508 e. The first-order chi connectivity index (χ1) is 22.9. The fourth-order valence-corrected chi connectivity index (χ4v) is 6.95. The van der Waals surface area contributed by atoms with Gasteiger partial charge in [0, 0.05) is 68.0 Å². The van der Waals surface area contributed by atoms with Crippen LogP contribution < -0.4 is 4.90 Å². The highest BCUT2D eigenvalue weighted by Gasteiger charge is 2.34. The lowest BCUT2D eigenvalue weighted by Gasteiger charge is -2.38. The van der Waals surface area contributed by atoms with E-state index in [2.05, 4.69) is 17.0 Å². The maximum atomic E-state index is 14.9. The molecule has 3 amide bonds. The van der Waals surface area contributed by atoms with Crippen LogP contribution in [0.5, 0.6) is 5.75 Å². The van der Waals surface area contributed by atoms with Gasteiger partial charge in [-0.1, -0.05) is 24.3 Å². The molecule has 10 nitrogen and oxygen atoms in total. The van der Waals surface area contributed by atoms with E-state index in [1.54, 1.807) is 36.2 Å². The third-order valence-electron chi connectivity index (χ3n) is 9.96. The van der Waals surface area contributed by atoms with Crippen molar-refractivity contribution < 1.29 is 24.6 Å². The first kappa shape index (κ1) is 32.8. The van der Waals surface area contributed by atoms with Crippen molar-refractivity contribution in [3.05, 3.63) is 106 Å². The summed E-state index contributed by atoms with van der Waals surface area (Å²) >= 11 is 0. The summed E-state index contributed by atoms with van der Waals surface area (Å²) in [5.74, 6) is -0.194. The van der Waals surface area contributed by atoms with E-state index >= 15 is 0 Å². The number of phenols is 1. The molecule has 2 aliphatic heterocycles. The van der Waals surface area contributed by atoms with Gasteiger partial charge < -0.3 is 34.4 Å². The van der Waals surface area contributed by atoms with Gasteiger partial charge in [0.05, 0.1) is 5.56 Å². The second kappa shape index (κ2) is 13.2. The number of aromatic nitrogens is 1. The summed E-state index contributed by atoms with van der Waals surface area (Å²) in [5.41, 5.74) is 8.08. The van der Waals surface area contributed by atoms with Crippen molar-refractivity contribution in [2.45, 2.75) is 45.3 Å². The Labute approximate surface area is 281 Å². The molecule has 2 aliphatic rings. The van der Waals surface area contributed by atoms with Crippen LogP contribution in [0.15, 0.2) is 66.7 Å². The van der Waals surface area contributed by atoms with Crippen LogP contribution in [-0.2, 0) is 33.0 Å². The maximum absolute atomic E-state index is 14.9. The number of fused-ring (bicyclic) bond motifs is 2. The molecule has 3 heterocycles. The first-order valence-corrected chi connectivity index (χ1v) is 16.3. The first-order valence-electron chi connectivity index (χ1n) is 16.3. The fraction of sp³-hybridized carbons (Fsp3) is 0.342. The summed E-state index contributed by atoms with van der Waals surface area (Å²) in [7, 11) is 7.67. The van der Waals surface area contributed by atoms with Crippen molar-refractivity contribution in [2.24, 2.45) is 7.05 Å². The maximum Gasteiger partial charge on any atom is 0.407 e. The van der Waals surface area contributed by atoms with E-state index in [1.165, 1.54) is 10.5 Å². The van der Waals surface area contributed by atoms with E-state index in [9.17, 15) is 24.6 Å². The Hall–Kier alpha value is -5.09. The third kappa shape index (κ3) is 6.27. The molecule has 0 saturated heterocycles. The highest BCUT2D eigenvalue weighted by molar-refractivity contribution is 6.08. The zero-order valence-corrected chi connectivity index (χ0v) is 28.2. The number of benzene rings is 3. The van der Waals surface area contributed by atoms with E-state index in [0.29, 0.717) is 36.3 Å². The predicted octanol–water partition coefficient (Wildman–Crippen LogP) is 5.54. The number of rotatable bonds is 7. The Balaban J connectivity index is 1.45. The third-order valence-corrected chi connectivity index (χ3v) is 9.96. The SMILES string of the molecule is Cc1c(C(=O)N(C)c2ccc(O)cc2)cc(-c2cc3c(cc2C(=O)N2Cc4ccccc4C[C@H]2CCN(C)C)CN(C(=O)O)CC3)n1C. The summed E-state index contributed by atoms with van der Waals surface area (Å²) in [6.45, 7) is 3.80. The molecule has 0 bridgehead atoms. The number of phenolic OH excluding ortho intramolecular Hbond substituents is 1. The highest BCUT2D eigenvalue weighted by atomic mass is 16.4. The molecule has 2 N–H and O–H groups in total. The smallest absolute Gasteiger partial charge is 0.407 e. The minimum absolute atomic E-state index is 0.0135. The molecule has 0 unspecified atom stereocenters. The number of anilines is 1. The van der Waals surface area contributed by atoms with Gasteiger partial charge in [-0.25, -0.2) is 4.79 Å². The molecular weight excluding hydrogens is 606 g/mol. The van der Waals surface area contributed by atoms with Crippen LogP contribution in [0.4, 0.5) is 10.5 Å². The number of carbonyl (C=O) groups is 3. The molecule has 4 aromatic rings. The van der Waals surface area contributed by atoms with Crippen molar-refractivity contribution in [3.8, 4) is 17.0 Å². The van der Waals surface area contributed by atoms with E-state index in [0.717, 1.165) is 53.0 Å². The Morgan fingerprint density at radius 1 is 0.875 bits per heavy atom. The molecule has 1 atom stereocenters. The number of hydrogen-bond donors (Lipinski definition) is 2. The minimum Gasteiger partial charge on any atom is -0.508 e. The second-order valence-corrected chi connectivity index (χ2v) is 13.2. The summed E-state index contributed by atoms with van der Waals surface area (Å²) in [6, 6.07) is 20.5. The Bertz CT molecular complexity index is 1880. The predicted molar refractivity (Wildman–Crippen MR) is 186 cm³/mol. The van der Waals surface area contributed by atoms with Crippen molar-refractivity contribution in [2.75, 3.05) is 39.1 Å². The Morgan fingerprint density at radius 3 is 2.27 bits per heavy atom. The van der Waals surface area contributed by atoms with E-state index in [4.69, 9.17) is 0 Å². The van der Waals surface area contributed by atoms with Gasteiger partial charge in [-0.3, -0.25) is 9.59 Å². The number of carboxylic acid groups (broad SMARTS) is 1. The van der Waals surface area contributed by atoms with Gasteiger partial charge >= 0.3 is 6.09 Å². The zero-order valence-electron chi connectivity index (χ0n) is 28.2. The van der Waals surface area contributed by atoms with Gasteiger partial charge in [-0.15, -0.1) is 0 Å². The van der Waals surface area contributed by atoms with E-state index < -0.39 is 6.09 Å². The number of hydrogen-bond acceptors (Lipinski definition) is 5. The summed E-state index contributed by atoms with van der Waals surface area (Å²) < 4.78 is 1.96. The van der Waals surface area contributed by atoms with Gasteiger partial charge in [0.2, 0.25) is 0 Å². The highest BCUT2D eigenvalue weighted by Crippen LogP contribution is 2.36. The van der Waals surface area contributed by atoms with Crippen LogP contribution in [0.25, 0.3) is 11.3 Å². The monoisotopic (exact) mass is 649 g/mol. The fourth-order valence-electron chi connectivity index (χ4n) is 6.95. The Morgan fingerprint density at radius 2 is 1.58 bits per heavy atom. The van der Waals surface area contributed by atoms with Gasteiger partial charge in [0.15, 0.2) is 0 Å². The average molecular weight is 650 g/mol. The molecule has 3 aromatic carbocycles. The van der Waals surface area contributed by atoms with Crippen LogP contribution in [0.1, 0.15) is 55.1 Å². The quantitative estimate of drug-likeness (QED) is 0.272. The normalized spacial score (nSPS) is 15.7. The molecule has 250 valence electrons. The summed E-state index contributed by atoms with van der Waals surface area (Å²) in [4.78, 5) is 47.7. The molecule has 0 spiro atoms. The van der Waals surface area contributed by atoms with Gasteiger partial charge in [-0.05, 0) is 112 Å². The summed E-state index contributed by atoms with van der Waals surface area (Å²) in [6.07, 6.45) is 1.12. The number of nitrogens with zero attached hydrogens (tertiary/aromatic N) is 5. The molecule has 0 radical (unpaired) electrons. The van der Waals surface area contributed by atoms with E-state index in [1.807, 2.05) is 67.9 Å². The number of aromatic hydroxyl groups is 1. The number of amides is 3. The second-order valence-electron chi connectivity index (χ2n) is 13.2. The van der Waals surface area contributed by atoms with Crippen LogP contribution in [0, 0.1) is 6.92 Å². The van der Waals surface area contributed by atoms with Gasteiger partial charge in [0.25, 0.3) is 11.8 Å². The Kier molecular flexibility index (Phi) is 9.03. The summed E-state index contributed by atoms with van der Waals surface area (Å²) in [5, 5.41) is 19.5. The van der Waals surface area contributed by atoms with Crippen molar-refractivity contribution in [1.29, 1.82) is 0 Å². The molecule has 0 fully saturated rings. The van der Waals surface area contributed by atoms with Crippen molar-refractivity contribution in [3.63, 3.8) is 0 Å². The van der Waals surface area contributed by atoms with Gasteiger partial charge in [-0.2, -0.15) is 0 Å². The van der Waals surface area contributed by atoms with Crippen LogP contribution in [0.2, 0.25) is 0 Å². The standard InChI is InChI=1S/C38H43N5O5/c1-24-32(36(45)41(5)29-10-12-31(44)13-11-29)21-35(40(24)4)33-19-26-14-17-42(38(47)48)22-28(26)20-34(33)37(46)43-23-27-9-7-6-8-25(27)18-30(43)15-16-39(2)3/h6-13,19-21,30,44H,14-18,22-23H2,1-5H3,(H,47,48)/t30-/m1/s1. The lowest BCUT2D eigenvalue weighted by atomic mass is 9.88.